The van der Waals surface area contributed by atoms with Gasteiger partial charge < -0.3 is 19.7 Å². The minimum absolute atomic E-state index is 0.0747. The Labute approximate surface area is 230 Å². The molecule has 4 aromatic rings. The Bertz CT molecular complexity index is 1470. The van der Waals surface area contributed by atoms with Crippen molar-refractivity contribution in [2.45, 2.75) is 27.7 Å². The average molecular weight is 580 g/mol. The van der Waals surface area contributed by atoms with E-state index in [0.717, 1.165) is 12.1 Å². The zero-order valence-electron chi connectivity index (χ0n) is 20.1. The molecule has 9 nitrogen and oxygen atoms in total. The second-order valence-electron chi connectivity index (χ2n) is 8.80. The molecule has 5 rings (SSSR count). The van der Waals surface area contributed by atoms with Crippen molar-refractivity contribution in [2.75, 3.05) is 13.7 Å². The molecule has 0 aliphatic carbocycles. The van der Waals surface area contributed by atoms with E-state index < -0.39 is 51.8 Å². The lowest BCUT2D eigenvalue weighted by atomic mass is 9.65. The number of hydrogen-bond donors (Lipinski definition) is 3. The van der Waals surface area contributed by atoms with Gasteiger partial charge >= 0.3 is 0 Å². The van der Waals surface area contributed by atoms with E-state index in [1.807, 2.05) is 0 Å². The highest BCUT2D eigenvalue weighted by molar-refractivity contribution is 7.80. The summed E-state index contributed by atoms with van der Waals surface area (Å²) in [6.07, 6.45) is 5.34. The van der Waals surface area contributed by atoms with Gasteiger partial charge in [-0.3, -0.25) is 9.97 Å². The third-order valence-corrected chi connectivity index (χ3v) is 7.79. The van der Waals surface area contributed by atoms with Gasteiger partial charge in [0.05, 0.1) is 12.8 Å². The number of alkyl halides is 1. The van der Waals surface area contributed by atoms with Crippen molar-refractivity contribution >= 4 is 24.2 Å². The predicted molar refractivity (Wildman–Crippen MR) is 135 cm³/mol. The molecular formula is C25H21ClF3N5O4S. The number of methoxy groups -OCH3 is 1. The second-order valence-corrected chi connectivity index (χ2v) is 9.91. The highest BCUT2D eigenvalue weighted by Crippen LogP contribution is 2.59. The third-order valence-electron chi connectivity index (χ3n) is 6.91. The SMILES string of the molecule is CO[C@@]1(c2ccncc2)[C@@H](S)O[C@](Cl)(CO)[C@H](O)C1(c1cccnc1)n1cc(-c2cc(F)c(F)c(F)c2)nn1. The Kier molecular flexibility index (Phi) is 7.16. The number of pyridine rings is 2. The monoisotopic (exact) mass is 579 g/mol. The summed E-state index contributed by atoms with van der Waals surface area (Å²) in [4.78, 5) is 8.26. The van der Waals surface area contributed by atoms with E-state index in [9.17, 15) is 23.4 Å². The van der Waals surface area contributed by atoms with Gasteiger partial charge in [0.2, 0.25) is 0 Å². The summed E-state index contributed by atoms with van der Waals surface area (Å²) in [7, 11) is 1.35. The summed E-state index contributed by atoms with van der Waals surface area (Å²) in [5.74, 6) is -4.49. The van der Waals surface area contributed by atoms with Crippen LogP contribution >= 0.6 is 24.2 Å². The zero-order chi connectivity index (χ0) is 28.0. The highest BCUT2D eigenvalue weighted by atomic mass is 35.5. The molecule has 0 bridgehead atoms. The van der Waals surface area contributed by atoms with Crippen molar-refractivity contribution < 1.29 is 32.9 Å². The van der Waals surface area contributed by atoms with Crippen molar-refractivity contribution in [3.8, 4) is 11.3 Å². The van der Waals surface area contributed by atoms with Crippen molar-refractivity contribution in [3.05, 3.63) is 96.0 Å². The van der Waals surface area contributed by atoms with Gasteiger partial charge in [0.25, 0.3) is 0 Å². The number of halogens is 4. The minimum Gasteiger partial charge on any atom is -0.392 e. The van der Waals surface area contributed by atoms with Crippen molar-refractivity contribution in [1.29, 1.82) is 0 Å². The fourth-order valence-corrected chi connectivity index (χ4v) is 6.11. The molecule has 1 fully saturated rings. The molecule has 0 radical (unpaired) electrons. The maximum Gasteiger partial charge on any atom is 0.194 e. The Hall–Kier alpha value is -3.07. The number of aliphatic hydroxyl groups excluding tert-OH is 2. The summed E-state index contributed by atoms with van der Waals surface area (Å²) in [6, 6.07) is 7.95. The van der Waals surface area contributed by atoms with Crippen LogP contribution in [0, 0.1) is 17.5 Å². The van der Waals surface area contributed by atoms with Crippen molar-refractivity contribution in [2.24, 2.45) is 0 Å². The lowest BCUT2D eigenvalue weighted by Crippen LogP contribution is -2.75. The molecule has 0 spiro atoms. The maximum atomic E-state index is 14.1. The number of thiol groups is 1. The van der Waals surface area contributed by atoms with E-state index >= 15 is 0 Å². The quantitative estimate of drug-likeness (QED) is 0.181. The number of ether oxygens (including phenoxy) is 2. The summed E-state index contributed by atoms with van der Waals surface area (Å²) in [5, 5.41) is 28.5. The van der Waals surface area contributed by atoms with Gasteiger partial charge in [-0.2, -0.15) is 0 Å². The summed E-state index contributed by atoms with van der Waals surface area (Å²) >= 11 is 11.4. The fraction of sp³-hybridized carbons (Fsp3) is 0.280. The average Bonchev–Trinajstić information content (AvgIpc) is 3.45. The van der Waals surface area contributed by atoms with E-state index in [1.165, 1.54) is 42.8 Å². The molecule has 2 N–H and O–H groups in total. The largest absolute Gasteiger partial charge is 0.392 e. The summed E-state index contributed by atoms with van der Waals surface area (Å²) in [6.45, 7) is -0.860. The number of nitrogens with zero attached hydrogens (tertiary/aromatic N) is 5. The van der Waals surface area contributed by atoms with Crippen LogP contribution < -0.4 is 0 Å². The molecular weight excluding hydrogens is 559 g/mol. The molecule has 1 saturated heterocycles. The van der Waals surface area contributed by atoms with Crippen LogP contribution in [0.1, 0.15) is 11.1 Å². The van der Waals surface area contributed by atoms with Crippen LogP contribution in [0.25, 0.3) is 11.3 Å². The Balaban J connectivity index is 1.88. The first-order valence-corrected chi connectivity index (χ1v) is 12.3. The second kappa shape index (κ2) is 10.2. The Morgan fingerprint density at radius 2 is 1.79 bits per heavy atom. The normalized spacial score (nSPS) is 28.9. The van der Waals surface area contributed by atoms with Crippen LogP contribution in [0.4, 0.5) is 13.2 Å². The van der Waals surface area contributed by atoms with E-state index in [2.05, 4.69) is 32.9 Å². The van der Waals surface area contributed by atoms with E-state index in [-0.39, 0.29) is 16.8 Å². The molecule has 39 heavy (non-hydrogen) atoms. The molecule has 1 aromatic carbocycles. The zero-order valence-corrected chi connectivity index (χ0v) is 21.8. The van der Waals surface area contributed by atoms with Gasteiger partial charge in [-0.1, -0.05) is 22.9 Å². The maximum absolute atomic E-state index is 14.1. The van der Waals surface area contributed by atoms with Gasteiger partial charge in [-0.05, 0) is 35.9 Å². The lowest BCUT2D eigenvalue weighted by Gasteiger charge is -2.60. The predicted octanol–water partition coefficient (Wildman–Crippen LogP) is 3.01. The van der Waals surface area contributed by atoms with Gasteiger partial charge in [-0.15, -0.1) is 17.7 Å². The Morgan fingerprint density at radius 1 is 1.10 bits per heavy atom. The molecule has 204 valence electrons. The number of hydrogen-bond acceptors (Lipinski definition) is 9. The first-order valence-electron chi connectivity index (χ1n) is 11.4. The topological polar surface area (TPSA) is 115 Å². The third kappa shape index (κ3) is 3.95. The van der Waals surface area contributed by atoms with E-state index in [1.54, 1.807) is 24.3 Å². The van der Waals surface area contributed by atoms with Crippen LogP contribution in [-0.2, 0) is 20.6 Å². The van der Waals surface area contributed by atoms with Crippen molar-refractivity contribution in [1.82, 2.24) is 25.0 Å². The molecule has 14 heteroatoms. The van der Waals surface area contributed by atoms with Crippen LogP contribution in [0.2, 0.25) is 0 Å². The Morgan fingerprint density at radius 3 is 2.38 bits per heavy atom. The van der Waals surface area contributed by atoms with Gasteiger partial charge in [0.15, 0.2) is 33.7 Å². The smallest absolute Gasteiger partial charge is 0.194 e. The molecule has 1 aliphatic heterocycles. The molecule has 0 amide bonds. The van der Waals surface area contributed by atoms with Gasteiger partial charge in [0, 0.05) is 43.0 Å². The first kappa shape index (κ1) is 27.5. The standard InChI is InChI=1S/C25H21ClF3N5O4S/c1-37-25(15-4-7-30-8-5-15)22(39)38-23(26,13-35)21(36)24(25,16-3-2-6-31-11-16)34-12-19(32-33-34)14-9-17(27)20(29)18(28)10-14/h2-12,21-22,35-36,39H,13H2,1H3/t21-,22+,23+,24?,25-/m0/s1. The summed E-state index contributed by atoms with van der Waals surface area (Å²) in [5.41, 5.74) is -4.48. The fourth-order valence-electron chi connectivity index (χ4n) is 5.16. The van der Waals surface area contributed by atoms with Crippen LogP contribution in [0.5, 0.6) is 0 Å². The molecule has 0 saturated carbocycles. The van der Waals surface area contributed by atoms with Crippen molar-refractivity contribution in [3.63, 3.8) is 0 Å². The van der Waals surface area contributed by atoms with Gasteiger partial charge in [0.1, 0.15) is 17.2 Å². The molecule has 3 aromatic heterocycles. The minimum atomic E-state index is -2.14. The van der Waals surface area contributed by atoms with Crippen LogP contribution in [0.3, 0.4) is 0 Å². The summed E-state index contributed by atoms with van der Waals surface area (Å²) < 4.78 is 55.0. The molecule has 5 atom stereocenters. The van der Waals surface area contributed by atoms with Crippen LogP contribution in [0.15, 0.2) is 67.4 Å². The number of aliphatic hydroxyl groups is 2. The number of benzene rings is 1. The van der Waals surface area contributed by atoms with Crippen LogP contribution in [-0.4, -0.2) is 65.5 Å². The number of rotatable bonds is 6. The molecule has 1 unspecified atom stereocenters. The van der Waals surface area contributed by atoms with E-state index in [4.69, 9.17) is 21.1 Å². The van der Waals surface area contributed by atoms with Gasteiger partial charge in [-0.25, -0.2) is 17.9 Å². The molecule has 4 heterocycles. The number of aromatic nitrogens is 5. The lowest BCUT2D eigenvalue weighted by molar-refractivity contribution is -0.282. The molecule has 1 aliphatic rings. The van der Waals surface area contributed by atoms with E-state index in [0.29, 0.717) is 5.56 Å². The first-order chi connectivity index (χ1) is 18.7. The highest BCUT2D eigenvalue weighted by Gasteiger charge is 2.73.